The Bertz CT molecular complexity index is 408. The standard InChI is InChI=1S/C13H19ClN2O2/c1-16(2)13(17)4-3-7-18-12-6-5-11(14)8-10(12)9-15/h5-6,8H,3-4,7,9,15H2,1-2H3. The first-order chi connectivity index (χ1) is 8.54. The summed E-state index contributed by atoms with van der Waals surface area (Å²) in [4.78, 5) is 12.9. The van der Waals surface area contributed by atoms with Crippen LogP contribution in [0.25, 0.3) is 0 Å². The van der Waals surface area contributed by atoms with Crippen LogP contribution in [0.1, 0.15) is 18.4 Å². The number of rotatable bonds is 6. The van der Waals surface area contributed by atoms with E-state index >= 15 is 0 Å². The minimum Gasteiger partial charge on any atom is -0.493 e. The van der Waals surface area contributed by atoms with Gasteiger partial charge in [-0.25, -0.2) is 0 Å². The highest BCUT2D eigenvalue weighted by atomic mass is 35.5. The second kappa shape index (κ2) is 7.24. The van der Waals surface area contributed by atoms with Gasteiger partial charge >= 0.3 is 0 Å². The Hall–Kier alpha value is -1.26. The van der Waals surface area contributed by atoms with Crippen molar-refractivity contribution in [3.05, 3.63) is 28.8 Å². The summed E-state index contributed by atoms with van der Waals surface area (Å²) in [5.41, 5.74) is 6.49. The fourth-order valence-electron chi connectivity index (χ4n) is 1.48. The number of hydrogen-bond donors (Lipinski definition) is 1. The minimum absolute atomic E-state index is 0.105. The average Bonchev–Trinajstić information content (AvgIpc) is 2.35. The molecular formula is C13H19ClN2O2. The van der Waals surface area contributed by atoms with Gasteiger partial charge in [0.1, 0.15) is 5.75 Å². The van der Waals surface area contributed by atoms with Gasteiger partial charge in [-0.3, -0.25) is 4.79 Å². The van der Waals surface area contributed by atoms with E-state index in [2.05, 4.69) is 0 Å². The minimum atomic E-state index is 0.105. The Balaban J connectivity index is 2.42. The van der Waals surface area contributed by atoms with Crippen LogP contribution in [-0.4, -0.2) is 31.5 Å². The van der Waals surface area contributed by atoms with E-state index in [0.29, 0.717) is 31.0 Å². The van der Waals surface area contributed by atoms with Crippen molar-refractivity contribution in [1.82, 2.24) is 4.90 Å². The first-order valence-electron chi connectivity index (χ1n) is 5.86. The molecule has 100 valence electrons. The molecule has 5 heteroatoms. The van der Waals surface area contributed by atoms with E-state index < -0.39 is 0 Å². The van der Waals surface area contributed by atoms with Gasteiger partial charge in [0, 0.05) is 37.6 Å². The molecule has 0 saturated carbocycles. The van der Waals surface area contributed by atoms with Crippen LogP contribution in [-0.2, 0) is 11.3 Å². The lowest BCUT2D eigenvalue weighted by molar-refractivity contribution is -0.128. The number of carbonyl (C=O) groups excluding carboxylic acids is 1. The van der Waals surface area contributed by atoms with Crippen LogP contribution in [0.4, 0.5) is 0 Å². The molecule has 0 saturated heterocycles. The first kappa shape index (κ1) is 14.8. The molecule has 1 aromatic rings. The van der Waals surface area contributed by atoms with Gasteiger partial charge < -0.3 is 15.4 Å². The van der Waals surface area contributed by atoms with E-state index in [1.807, 2.05) is 0 Å². The van der Waals surface area contributed by atoms with Crippen molar-refractivity contribution >= 4 is 17.5 Å². The zero-order valence-corrected chi connectivity index (χ0v) is 11.5. The lowest BCUT2D eigenvalue weighted by Crippen LogP contribution is -2.21. The topological polar surface area (TPSA) is 55.6 Å². The molecule has 0 radical (unpaired) electrons. The quantitative estimate of drug-likeness (QED) is 0.805. The summed E-state index contributed by atoms with van der Waals surface area (Å²) in [7, 11) is 3.49. The van der Waals surface area contributed by atoms with Crippen LogP contribution in [0.2, 0.25) is 5.02 Å². The zero-order valence-electron chi connectivity index (χ0n) is 10.8. The third-order valence-electron chi connectivity index (χ3n) is 2.53. The molecule has 0 aromatic heterocycles. The van der Waals surface area contributed by atoms with Crippen molar-refractivity contribution in [2.75, 3.05) is 20.7 Å². The largest absolute Gasteiger partial charge is 0.493 e. The zero-order chi connectivity index (χ0) is 13.5. The number of hydrogen-bond acceptors (Lipinski definition) is 3. The molecule has 0 heterocycles. The number of carbonyl (C=O) groups is 1. The summed E-state index contributed by atoms with van der Waals surface area (Å²) in [6.07, 6.45) is 1.17. The molecule has 0 spiro atoms. The molecular weight excluding hydrogens is 252 g/mol. The molecule has 0 atom stereocenters. The van der Waals surface area contributed by atoms with Crippen molar-refractivity contribution in [3.63, 3.8) is 0 Å². The number of ether oxygens (including phenoxy) is 1. The van der Waals surface area contributed by atoms with Crippen molar-refractivity contribution in [2.24, 2.45) is 5.73 Å². The lowest BCUT2D eigenvalue weighted by Gasteiger charge is -2.12. The van der Waals surface area contributed by atoms with Gasteiger partial charge in [-0.1, -0.05) is 11.6 Å². The van der Waals surface area contributed by atoms with Crippen LogP contribution in [0.15, 0.2) is 18.2 Å². The van der Waals surface area contributed by atoms with Gasteiger partial charge in [-0.2, -0.15) is 0 Å². The highest BCUT2D eigenvalue weighted by molar-refractivity contribution is 6.30. The molecule has 0 aliphatic carbocycles. The molecule has 0 aliphatic heterocycles. The third-order valence-corrected chi connectivity index (χ3v) is 2.77. The van der Waals surface area contributed by atoms with Crippen LogP contribution in [0.3, 0.4) is 0 Å². The molecule has 1 aromatic carbocycles. The smallest absolute Gasteiger partial charge is 0.222 e. The molecule has 18 heavy (non-hydrogen) atoms. The van der Waals surface area contributed by atoms with Crippen LogP contribution in [0, 0.1) is 0 Å². The molecule has 0 fully saturated rings. The average molecular weight is 271 g/mol. The van der Waals surface area contributed by atoms with E-state index in [0.717, 1.165) is 11.3 Å². The van der Waals surface area contributed by atoms with E-state index in [4.69, 9.17) is 22.1 Å². The molecule has 2 N–H and O–H groups in total. The van der Waals surface area contributed by atoms with Gasteiger partial charge in [-0.15, -0.1) is 0 Å². The number of amides is 1. The van der Waals surface area contributed by atoms with E-state index in [9.17, 15) is 4.79 Å². The summed E-state index contributed by atoms with van der Waals surface area (Å²) in [5.74, 6) is 0.841. The predicted octanol–water partition coefficient (Wildman–Crippen LogP) is 2.05. The number of nitrogens with zero attached hydrogens (tertiary/aromatic N) is 1. The fraction of sp³-hybridized carbons (Fsp3) is 0.462. The normalized spacial score (nSPS) is 10.2. The summed E-state index contributed by atoms with van der Waals surface area (Å²) in [6, 6.07) is 5.36. The highest BCUT2D eigenvalue weighted by Gasteiger charge is 2.05. The van der Waals surface area contributed by atoms with Crippen molar-refractivity contribution in [2.45, 2.75) is 19.4 Å². The maximum Gasteiger partial charge on any atom is 0.222 e. The monoisotopic (exact) mass is 270 g/mol. The van der Waals surface area contributed by atoms with Crippen molar-refractivity contribution in [1.29, 1.82) is 0 Å². The Morgan fingerprint density at radius 1 is 1.44 bits per heavy atom. The van der Waals surface area contributed by atoms with Crippen LogP contribution in [0.5, 0.6) is 5.75 Å². The molecule has 0 bridgehead atoms. The second-order valence-corrected chi connectivity index (χ2v) is 4.63. The van der Waals surface area contributed by atoms with Gasteiger partial charge in [0.25, 0.3) is 0 Å². The van der Waals surface area contributed by atoms with Crippen LogP contribution < -0.4 is 10.5 Å². The Kier molecular flexibility index (Phi) is 5.95. The van der Waals surface area contributed by atoms with Gasteiger partial charge in [0.2, 0.25) is 5.91 Å². The third kappa shape index (κ3) is 4.55. The summed E-state index contributed by atoms with van der Waals surface area (Å²) >= 11 is 5.87. The van der Waals surface area contributed by atoms with Crippen LogP contribution >= 0.6 is 11.6 Å². The van der Waals surface area contributed by atoms with E-state index in [1.54, 1.807) is 37.2 Å². The Morgan fingerprint density at radius 2 is 2.17 bits per heavy atom. The summed E-state index contributed by atoms with van der Waals surface area (Å²) in [6.45, 7) is 0.876. The number of nitrogens with two attached hydrogens (primary N) is 1. The van der Waals surface area contributed by atoms with Crippen molar-refractivity contribution < 1.29 is 9.53 Å². The molecule has 4 nitrogen and oxygen atoms in total. The van der Waals surface area contributed by atoms with E-state index in [-0.39, 0.29) is 5.91 Å². The SMILES string of the molecule is CN(C)C(=O)CCCOc1ccc(Cl)cc1CN. The van der Waals surface area contributed by atoms with Gasteiger partial charge in [0.05, 0.1) is 6.61 Å². The second-order valence-electron chi connectivity index (χ2n) is 4.20. The molecule has 1 rings (SSSR count). The molecule has 0 unspecified atom stereocenters. The van der Waals surface area contributed by atoms with E-state index in [1.165, 1.54) is 0 Å². The Labute approximate surface area is 113 Å². The number of benzene rings is 1. The maximum atomic E-state index is 11.4. The fourth-order valence-corrected chi connectivity index (χ4v) is 1.67. The Morgan fingerprint density at radius 3 is 2.78 bits per heavy atom. The lowest BCUT2D eigenvalue weighted by atomic mass is 10.2. The molecule has 1 amide bonds. The summed E-state index contributed by atoms with van der Waals surface area (Å²) < 4.78 is 5.60. The number of halogens is 1. The highest BCUT2D eigenvalue weighted by Crippen LogP contribution is 2.22. The first-order valence-corrected chi connectivity index (χ1v) is 6.24. The predicted molar refractivity (Wildman–Crippen MR) is 72.8 cm³/mol. The molecule has 0 aliphatic rings. The van der Waals surface area contributed by atoms with Gasteiger partial charge in [-0.05, 0) is 24.6 Å². The van der Waals surface area contributed by atoms with Gasteiger partial charge in [0.15, 0.2) is 0 Å². The van der Waals surface area contributed by atoms with Crippen molar-refractivity contribution in [3.8, 4) is 5.75 Å². The summed E-state index contributed by atoms with van der Waals surface area (Å²) in [5, 5.41) is 0.644. The maximum absolute atomic E-state index is 11.4.